The molecule has 0 saturated carbocycles. The number of carbonyl (C=O) groups excluding carboxylic acids is 2. The van der Waals surface area contributed by atoms with Crippen LogP contribution in [-0.4, -0.2) is 98.0 Å². The van der Waals surface area contributed by atoms with E-state index < -0.39 is 12.3 Å². The topological polar surface area (TPSA) is 111 Å². The van der Waals surface area contributed by atoms with Crippen LogP contribution in [0.25, 0.3) is 0 Å². The molecule has 40 heavy (non-hydrogen) atoms. The molecule has 0 aliphatic carbocycles. The second-order valence-corrected chi connectivity index (χ2v) is 10.00. The summed E-state index contributed by atoms with van der Waals surface area (Å²) >= 11 is 0. The van der Waals surface area contributed by atoms with Crippen LogP contribution in [0.3, 0.4) is 0 Å². The van der Waals surface area contributed by atoms with Crippen LogP contribution < -0.4 is 16.0 Å². The zero-order chi connectivity index (χ0) is 28.6. The van der Waals surface area contributed by atoms with Crippen molar-refractivity contribution in [1.82, 2.24) is 20.4 Å². The summed E-state index contributed by atoms with van der Waals surface area (Å²) in [4.78, 5) is 37.6. The first-order valence-corrected chi connectivity index (χ1v) is 13.5. The zero-order valence-corrected chi connectivity index (χ0v) is 23.3. The molecule has 1 saturated heterocycles. The van der Waals surface area contributed by atoms with Crippen molar-refractivity contribution in [2.24, 2.45) is 9.98 Å². The quantitative estimate of drug-likeness (QED) is 0.288. The molecule has 4 rings (SSSR count). The number of aliphatic imine (C=N–C) groups is 2. The number of nitrogens with zero attached hydrogens (tertiary/aromatic N) is 4. The Bertz CT molecular complexity index is 1240. The van der Waals surface area contributed by atoms with Crippen LogP contribution in [-0.2, 0) is 9.53 Å². The number of rotatable bonds is 11. The van der Waals surface area contributed by atoms with Gasteiger partial charge in [-0.3, -0.25) is 14.6 Å². The number of aryl methyl sites for hydroxylation is 1. The normalized spacial score (nSPS) is 20.2. The molecular formula is C29H38FN7O3. The first-order valence-electron chi connectivity index (χ1n) is 13.5. The molecule has 1 aromatic rings. The summed E-state index contributed by atoms with van der Waals surface area (Å²) in [7, 11) is 1.48. The van der Waals surface area contributed by atoms with Gasteiger partial charge in [-0.25, -0.2) is 9.38 Å². The largest absolute Gasteiger partial charge is 0.374 e. The third-order valence-electron chi connectivity index (χ3n) is 7.10. The van der Waals surface area contributed by atoms with Crippen LogP contribution in [0, 0.1) is 6.92 Å². The molecule has 3 heterocycles. The van der Waals surface area contributed by atoms with E-state index in [4.69, 9.17) is 4.74 Å². The fourth-order valence-corrected chi connectivity index (χ4v) is 4.81. The smallest absolute Gasteiger partial charge is 0.251 e. The number of halogens is 1. The molecule has 10 nitrogen and oxygen atoms in total. The molecule has 0 bridgehead atoms. The van der Waals surface area contributed by atoms with Gasteiger partial charge in [-0.05, 0) is 49.6 Å². The van der Waals surface area contributed by atoms with E-state index in [1.165, 1.54) is 14.0 Å². The summed E-state index contributed by atoms with van der Waals surface area (Å²) in [5.41, 5.74) is 2.99. The summed E-state index contributed by atoms with van der Waals surface area (Å²) in [6.07, 6.45) is 5.96. The van der Waals surface area contributed by atoms with Crippen molar-refractivity contribution in [3.05, 3.63) is 66.0 Å². The van der Waals surface area contributed by atoms with Crippen molar-refractivity contribution in [2.75, 3.05) is 51.7 Å². The Morgan fingerprint density at radius 3 is 2.95 bits per heavy atom. The highest BCUT2D eigenvalue weighted by molar-refractivity contribution is 6.45. The van der Waals surface area contributed by atoms with E-state index in [0.717, 1.165) is 23.4 Å². The first-order chi connectivity index (χ1) is 19.3. The van der Waals surface area contributed by atoms with Gasteiger partial charge in [0.25, 0.3) is 5.91 Å². The third-order valence-corrected chi connectivity index (χ3v) is 7.10. The van der Waals surface area contributed by atoms with Crippen LogP contribution in [0.15, 0.2) is 64.9 Å². The van der Waals surface area contributed by atoms with E-state index >= 15 is 0 Å². The van der Waals surface area contributed by atoms with E-state index in [0.29, 0.717) is 56.4 Å². The maximum Gasteiger partial charge on any atom is 0.251 e. The van der Waals surface area contributed by atoms with Crippen molar-refractivity contribution in [1.29, 1.82) is 0 Å². The lowest BCUT2D eigenvalue weighted by atomic mass is 10.1. The van der Waals surface area contributed by atoms with Gasteiger partial charge in [0, 0.05) is 56.9 Å². The second-order valence-electron chi connectivity index (χ2n) is 10.00. The Balaban J connectivity index is 1.31. The highest BCUT2D eigenvalue weighted by atomic mass is 19.1. The fraction of sp³-hybridized carbons (Fsp3) is 0.448. The molecule has 214 valence electrons. The summed E-state index contributed by atoms with van der Waals surface area (Å²) in [6.45, 7) is 11.0. The van der Waals surface area contributed by atoms with E-state index in [2.05, 4.69) is 32.5 Å². The number of amides is 2. The number of methoxy groups -OCH3 is 1. The van der Waals surface area contributed by atoms with Crippen molar-refractivity contribution in [3.63, 3.8) is 0 Å². The molecule has 0 radical (unpaired) electrons. The number of amidine groups is 2. The number of alkyl halides is 1. The van der Waals surface area contributed by atoms with Gasteiger partial charge in [0.2, 0.25) is 5.91 Å². The van der Waals surface area contributed by atoms with Crippen LogP contribution in [0.5, 0.6) is 0 Å². The Morgan fingerprint density at radius 2 is 2.23 bits per heavy atom. The SMILES string of the molecule is C=C(/C=C\C(OC)C(C)F)C1CN=C2C(Nc3ccc(C(=O)NCCCN4CCNCC4=O)c(C)c3)=NC=CN21. The van der Waals surface area contributed by atoms with Gasteiger partial charge in [0.1, 0.15) is 12.3 Å². The zero-order valence-electron chi connectivity index (χ0n) is 23.3. The molecule has 11 heteroatoms. The van der Waals surface area contributed by atoms with Crippen molar-refractivity contribution in [3.8, 4) is 0 Å². The van der Waals surface area contributed by atoms with Gasteiger partial charge in [-0.1, -0.05) is 18.7 Å². The minimum atomic E-state index is -1.13. The highest BCUT2D eigenvalue weighted by Gasteiger charge is 2.32. The van der Waals surface area contributed by atoms with Gasteiger partial charge >= 0.3 is 0 Å². The Labute approximate surface area is 234 Å². The standard InChI is InChI=1S/C29H38FN7O3/c1-19(6-9-25(40-4)21(3)30)24-17-34-28-27(32-12-15-37(24)28)35-22-7-8-23(20(2)16-22)29(39)33-10-5-13-36-14-11-31-18-26(36)38/h6-9,12,15-16,21,24-25,31H,1,5,10-11,13-14,17-18H2,2-4H3,(H,32,35)(H,33,39)/b9-6-. The van der Waals surface area contributed by atoms with E-state index in [9.17, 15) is 14.0 Å². The summed E-state index contributed by atoms with van der Waals surface area (Å²) in [5.74, 6) is 1.23. The lowest BCUT2D eigenvalue weighted by Crippen LogP contribution is -2.48. The molecule has 3 unspecified atom stereocenters. The molecule has 0 spiro atoms. The summed E-state index contributed by atoms with van der Waals surface area (Å²) in [6, 6.07) is 5.41. The van der Waals surface area contributed by atoms with Gasteiger partial charge in [0.05, 0.1) is 19.1 Å². The number of anilines is 1. The molecule has 3 aliphatic heterocycles. The van der Waals surface area contributed by atoms with Gasteiger partial charge in [-0.15, -0.1) is 0 Å². The monoisotopic (exact) mass is 551 g/mol. The van der Waals surface area contributed by atoms with Gasteiger partial charge in [-0.2, -0.15) is 0 Å². The lowest BCUT2D eigenvalue weighted by Gasteiger charge is -2.27. The Morgan fingerprint density at radius 1 is 1.40 bits per heavy atom. The Hall–Kier alpha value is -3.83. The molecule has 3 aliphatic rings. The Kier molecular flexibility index (Phi) is 9.84. The van der Waals surface area contributed by atoms with Crippen LogP contribution >= 0.6 is 0 Å². The average molecular weight is 552 g/mol. The second kappa shape index (κ2) is 13.5. The number of hydrogen-bond donors (Lipinski definition) is 3. The van der Waals surface area contributed by atoms with E-state index in [1.54, 1.807) is 24.4 Å². The molecule has 2 amide bonds. The fourth-order valence-electron chi connectivity index (χ4n) is 4.81. The van der Waals surface area contributed by atoms with Crippen LogP contribution in [0.2, 0.25) is 0 Å². The van der Waals surface area contributed by atoms with Crippen molar-refractivity contribution < 1.29 is 18.7 Å². The van der Waals surface area contributed by atoms with Crippen molar-refractivity contribution in [2.45, 2.75) is 38.6 Å². The number of piperazine rings is 1. The minimum absolute atomic E-state index is 0.0991. The molecule has 3 atom stereocenters. The number of carbonyl (C=O) groups is 2. The van der Waals surface area contributed by atoms with Crippen LogP contribution in [0.1, 0.15) is 29.3 Å². The molecule has 1 fully saturated rings. The van der Waals surface area contributed by atoms with Gasteiger partial charge in [0.15, 0.2) is 11.7 Å². The maximum absolute atomic E-state index is 13.7. The molecule has 1 aromatic carbocycles. The maximum atomic E-state index is 13.7. The minimum Gasteiger partial charge on any atom is -0.374 e. The van der Waals surface area contributed by atoms with Crippen molar-refractivity contribution >= 4 is 29.2 Å². The average Bonchev–Trinajstić information content (AvgIpc) is 3.37. The third kappa shape index (κ3) is 7.02. The predicted molar refractivity (Wildman–Crippen MR) is 155 cm³/mol. The number of ether oxygens (including phenoxy) is 1. The number of benzene rings is 1. The lowest BCUT2D eigenvalue weighted by molar-refractivity contribution is -0.131. The van der Waals surface area contributed by atoms with Gasteiger partial charge < -0.3 is 30.5 Å². The van der Waals surface area contributed by atoms with E-state index in [-0.39, 0.29) is 17.9 Å². The number of nitrogens with one attached hydrogen (secondary N) is 3. The van der Waals surface area contributed by atoms with E-state index in [1.807, 2.05) is 35.1 Å². The number of fused-ring (bicyclic) bond motifs is 1. The first kappa shape index (κ1) is 29.2. The molecular weight excluding hydrogens is 513 g/mol. The summed E-state index contributed by atoms with van der Waals surface area (Å²) < 4.78 is 18.8. The molecule has 3 N–H and O–H groups in total. The predicted octanol–water partition coefficient (Wildman–Crippen LogP) is 2.41. The summed E-state index contributed by atoms with van der Waals surface area (Å²) in [5, 5.41) is 9.33. The highest BCUT2D eigenvalue weighted by Crippen LogP contribution is 2.24. The molecule has 0 aromatic heterocycles. The number of hydrogen-bond acceptors (Lipinski definition) is 8. The van der Waals surface area contributed by atoms with Crippen LogP contribution in [0.4, 0.5) is 10.1 Å².